The fraction of sp³-hybridized carbons (Fsp3) is 0.0909. The number of anilines is 2. The number of nitrogens with two attached hydrogens (primary N) is 2. The van der Waals surface area contributed by atoms with Crippen LogP contribution in [0.3, 0.4) is 0 Å². The van der Waals surface area contributed by atoms with Gasteiger partial charge in [-0.25, -0.2) is 10.8 Å². The number of benzene rings is 1. The SMILES string of the molecule is Cc1cc(Oc2ncnc(NN)c2N)ccc1Cl. The molecule has 0 saturated carbocycles. The van der Waals surface area contributed by atoms with Gasteiger partial charge in [-0.15, -0.1) is 0 Å². The average molecular weight is 266 g/mol. The Morgan fingerprint density at radius 1 is 1.33 bits per heavy atom. The zero-order valence-electron chi connectivity index (χ0n) is 9.64. The van der Waals surface area contributed by atoms with Crippen molar-refractivity contribution in [3.8, 4) is 11.6 Å². The van der Waals surface area contributed by atoms with E-state index in [0.29, 0.717) is 16.6 Å². The Hall–Kier alpha value is -2.05. The van der Waals surface area contributed by atoms with Gasteiger partial charge in [0.15, 0.2) is 5.82 Å². The summed E-state index contributed by atoms with van der Waals surface area (Å²) in [4.78, 5) is 7.80. The summed E-state index contributed by atoms with van der Waals surface area (Å²) in [6, 6.07) is 5.26. The summed E-state index contributed by atoms with van der Waals surface area (Å²) < 4.78 is 5.56. The molecular weight excluding hydrogens is 254 g/mol. The Balaban J connectivity index is 2.31. The van der Waals surface area contributed by atoms with Crippen LogP contribution in [0.25, 0.3) is 0 Å². The van der Waals surface area contributed by atoms with Gasteiger partial charge in [-0.3, -0.25) is 0 Å². The highest BCUT2D eigenvalue weighted by atomic mass is 35.5. The molecule has 2 rings (SSSR count). The lowest BCUT2D eigenvalue weighted by Gasteiger charge is -2.10. The second-order valence-electron chi connectivity index (χ2n) is 3.60. The van der Waals surface area contributed by atoms with Crippen LogP contribution in [-0.2, 0) is 0 Å². The predicted molar refractivity (Wildman–Crippen MR) is 70.5 cm³/mol. The molecule has 18 heavy (non-hydrogen) atoms. The average Bonchev–Trinajstić information content (AvgIpc) is 2.36. The van der Waals surface area contributed by atoms with Gasteiger partial charge in [0.1, 0.15) is 17.8 Å². The molecule has 1 heterocycles. The number of halogens is 1. The molecule has 0 unspecified atom stereocenters. The molecule has 7 heteroatoms. The van der Waals surface area contributed by atoms with Crippen molar-refractivity contribution in [2.75, 3.05) is 11.2 Å². The van der Waals surface area contributed by atoms with Crippen LogP contribution >= 0.6 is 11.6 Å². The first kappa shape index (κ1) is 12.4. The van der Waals surface area contributed by atoms with Gasteiger partial charge in [-0.2, -0.15) is 4.98 Å². The van der Waals surface area contributed by atoms with Crippen LogP contribution in [-0.4, -0.2) is 9.97 Å². The zero-order chi connectivity index (χ0) is 13.1. The molecule has 94 valence electrons. The van der Waals surface area contributed by atoms with Crippen molar-refractivity contribution in [3.05, 3.63) is 35.1 Å². The summed E-state index contributed by atoms with van der Waals surface area (Å²) in [7, 11) is 0. The summed E-state index contributed by atoms with van der Waals surface area (Å²) in [6.45, 7) is 1.88. The van der Waals surface area contributed by atoms with Crippen molar-refractivity contribution in [2.24, 2.45) is 5.84 Å². The lowest BCUT2D eigenvalue weighted by molar-refractivity contribution is 0.464. The first-order valence-electron chi connectivity index (χ1n) is 5.13. The smallest absolute Gasteiger partial charge is 0.248 e. The fourth-order valence-electron chi connectivity index (χ4n) is 1.37. The number of ether oxygens (including phenoxy) is 1. The number of nitrogens with zero attached hydrogens (tertiary/aromatic N) is 2. The van der Waals surface area contributed by atoms with E-state index in [1.807, 2.05) is 6.92 Å². The monoisotopic (exact) mass is 265 g/mol. The van der Waals surface area contributed by atoms with Crippen LogP contribution in [0.4, 0.5) is 11.5 Å². The summed E-state index contributed by atoms with van der Waals surface area (Å²) in [5.41, 5.74) is 9.30. The third kappa shape index (κ3) is 2.44. The van der Waals surface area contributed by atoms with E-state index in [2.05, 4.69) is 15.4 Å². The van der Waals surface area contributed by atoms with Gasteiger partial charge in [-0.1, -0.05) is 11.6 Å². The molecule has 0 fully saturated rings. The molecular formula is C11H12ClN5O. The number of hydrazine groups is 1. The largest absolute Gasteiger partial charge is 0.437 e. The van der Waals surface area contributed by atoms with E-state index in [1.165, 1.54) is 6.33 Å². The van der Waals surface area contributed by atoms with E-state index >= 15 is 0 Å². The summed E-state index contributed by atoms with van der Waals surface area (Å²) in [5, 5.41) is 0.669. The Morgan fingerprint density at radius 2 is 2.11 bits per heavy atom. The minimum atomic E-state index is 0.236. The highest BCUT2D eigenvalue weighted by molar-refractivity contribution is 6.31. The highest BCUT2D eigenvalue weighted by Crippen LogP contribution is 2.30. The molecule has 1 aromatic heterocycles. The third-order valence-corrected chi connectivity index (χ3v) is 2.75. The normalized spacial score (nSPS) is 10.2. The van der Waals surface area contributed by atoms with E-state index < -0.39 is 0 Å². The van der Waals surface area contributed by atoms with Crippen molar-refractivity contribution in [1.82, 2.24) is 9.97 Å². The van der Waals surface area contributed by atoms with Crippen LogP contribution in [0.15, 0.2) is 24.5 Å². The van der Waals surface area contributed by atoms with Gasteiger partial charge in [0.05, 0.1) is 0 Å². The van der Waals surface area contributed by atoms with Gasteiger partial charge in [0.25, 0.3) is 0 Å². The number of aryl methyl sites for hydroxylation is 1. The molecule has 0 bridgehead atoms. The van der Waals surface area contributed by atoms with E-state index in [4.69, 9.17) is 27.9 Å². The Kier molecular flexibility index (Phi) is 3.50. The van der Waals surface area contributed by atoms with E-state index in [0.717, 1.165) is 5.56 Å². The minimum absolute atomic E-state index is 0.236. The second kappa shape index (κ2) is 5.07. The fourth-order valence-corrected chi connectivity index (χ4v) is 1.49. The zero-order valence-corrected chi connectivity index (χ0v) is 10.4. The lowest BCUT2D eigenvalue weighted by Crippen LogP contribution is -2.12. The van der Waals surface area contributed by atoms with Gasteiger partial charge in [-0.05, 0) is 30.7 Å². The molecule has 1 aromatic carbocycles. The van der Waals surface area contributed by atoms with Gasteiger partial charge in [0, 0.05) is 5.02 Å². The molecule has 0 saturated heterocycles. The number of hydrogen-bond acceptors (Lipinski definition) is 6. The lowest BCUT2D eigenvalue weighted by atomic mass is 10.2. The maximum atomic E-state index is 5.93. The van der Waals surface area contributed by atoms with Crippen LogP contribution in [0, 0.1) is 6.92 Å². The molecule has 0 radical (unpaired) electrons. The number of hydrogen-bond donors (Lipinski definition) is 3. The summed E-state index contributed by atoms with van der Waals surface area (Å²) in [5.74, 6) is 6.40. The number of nitrogen functional groups attached to an aromatic ring is 2. The first-order valence-corrected chi connectivity index (χ1v) is 5.50. The van der Waals surface area contributed by atoms with Crippen LogP contribution in [0.2, 0.25) is 5.02 Å². The molecule has 0 atom stereocenters. The molecule has 6 nitrogen and oxygen atoms in total. The second-order valence-corrected chi connectivity index (χ2v) is 4.01. The maximum absolute atomic E-state index is 5.93. The molecule has 0 amide bonds. The number of rotatable bonds is 3. The summed E-state index contributed by atoms with van der Waals surface area (Å²) >= 11 is 5.93. The third-order valence-electron chi connectivity index (χ3n) is 2.33. The Labute approximate surface area is 109 Å². The van der Waals surface area contributed by atoms with Crippen molar-refractivity contribution < 1.29 is 4.74 Å². The molecule has 2 aromatic rings. The predicted octanol–water partition coefficient (Wildman–Crippen LogP) is 2.10. The van der Waals surface area contributed by atoms with Crippen LogP contribution < -0.4 is 21.7 Å². The van der Waals surface area contributed by atoms with Crippen molar-refractivity contribution in [3.63, 3.8) is 0 Å². The van der Waals surface area contributed by atoms with Crippen LogP contribution in [0.5, 0.6) is 11.6 Å². The molecule has 0 aliphatic heterocycles. The molecule has 0 aliphatic carbocycles. The van der Waals surface area contributed by atoms with Gasteiger partial charge in [0.2, 0.25) is 5.88 Å². The van der Waals surface area contributed by atoms with Crippen LogP contribution in [0.1, 0.15) is 5.56 Å². The molecule has 5 N–H and O–H groups in total. The van der Waals surface area contributed by atoms with Gasteiger partial charge >= 0.3 is 0 Å². The van der Waals surface area contributed by atoms with E-state index in [9.17, 15) is 0 Å². The van der Waals surface area contributed by atoms with Crippen molar-refractivity contribution in [2.45, 2.75) is 6.92 Å². The molecule has 0 aliphatic rings. The molecule has 0 spiro atoms. The number of aromatic nitrogens is 2. The van der Waals surface area contributed by atoms with E-state index in [-0.39, 0.29) is 11.6 Å². The van der Waals surface area contributed by atoms with E-state index in [1.54, 1.807) is 18.2 Å². The summed E-state index contributed by atoms with van der Waals surface area (Å²) in [6.07, 6.45) is 1.31. The topological polar surface area (TPSA) is 99.1 Å². The Morgan fingerprint density at radius 3 is 2.78 bits per heavy atom. The first-order chi connectivity index (χ1) is 8.61. The Bertz CT molecular complexity index is 575. The maximum Gasteiger partial charge on any atom is 0.248 e. The minimum Gasteiger partial charge on any atom is -0.437 e. The quantitative estimate of drug-likeness (QED) is 0.581. The number of nitrogens with one attached hydrogen (secondary N) is 1. The van der Waals surface area contributed by atoms with Crippen molar-refractivity contribution in [1.29, 1.82) is 0 Å². The van der Waals surface area contributed by atoms with Crippen molar-refractivity contribution >= 4 is 23.1 Å². The van der Waals surface area contributed by atoms with Gasteiger partial charge < -0.3 is 15.9 Å². The highest BCUT2D eigenvalue weighted by Gasteiger charge is 2.09. The standard InChI is InChI=1S/C11H12ClN5O/c1-6-4-7(2-3-8(6)12)18-11-9(13)10(17-14)15-5-16-11/h2-5H,13-14H2,1H3,(H,15,16,17).